The average Bonchev–Trinajstić information content (AvgIpc) is 2.31. The minimum absolute atomic E-state index is 0.00852. The fourth-order valence-electron chi connectivity index (χ4n) is 1.93. The minimum atomic E-state index is -0.959. The van der Waals surface area contributed by atoms with Gasteiger partial charge in [-0.2, -0.15) is 0 Å². The maximum Gasteiger partial charge on any atom is 0.132 e. The summed E-state index contributed by atoms with van der Waals surface area (Å²) in [6.07, 6.45) is 0.00852. The van der Waals surface area contributed by atoms with E-state index in [0.29, 0.717) is 14.5 Å². The van der Waals surface area contributed by atoms with Gasteiger partial charge < -0.3 is 5.73 Å². The molecule has 1 unspecified atom stereocenters. The Balaban J connectivity index is 2.31. The number of rotatable bonds is 3. The zero-order valence-corrected chi connectivity index (χ0v) is 13.3. The van der Waals surface area contributed by atoms with Gasteiger partial charge in [0.1, 0.15) is 17.5 Å². The molecule has 0 amide bonds. The number of hydrogen-bond donors (Lipinski definition) is 1. The first-order valence-electron chi connectivity index (χ1n) is 5.72. The van der Waals surface area contributed by atoms with E-state index in [2.05, 4.69) is 31.9 Å². The second-order valence-electron chi connectivity index (χ2n) is 4.33. The van der Waals surface area contributed by atoms with Gasteiger partial charge in [0.05, 0.1) is 0 Å². The molecule has 0 aliphatic carbocycles. The van der Waals surface area contributed by atoms with Gasteiger partial charge in [-0.3, -0.25) is 0 Å². The molecule has 1 atom stereocenters. The maximum absolute atomic E-state index is 13.8. The Hall–Kier alpha value is -0.850. The Morgan fingerprint density at radius 3 is 2.00 bits per heavy atom. The lowest BCUT2D eigenvalue weighted by atomic mass is 9.98. The topological polar surface area (TPSA) is 26.0 Å². The molecule has 0 aromatic heterocycles. The molecule has 0 saturated heterocycles. The molecule has 1 nitrogen and oxygen atoms in total. The van der Waals surface area contributed by atoms with Crippen molar-refractivity contribution in [2.75, 3.05) is 0 Å². The van der Waals surface area contributed by atoms with E-state index in [1.807, 2.05) is 0 Å². The van der Waals surface area contributed by atoms with Crippen molar-refractivity contribution in [3.05, 3.63) is 67.9 Å². The van der Waals surface area contributed by atoms with Gasteiger partial charge in [-0.15, -0.1) is 0 Å². The highest BCUT2D eigenvalue weighted by Gasteiger charge is 2.19. The fourth-order valence-corrected chi connectivity index (χ4v) is 2.67. The Labute approximate surface area is 131 Å². The smallest absolute Gasteiger partial charge is 0.132 e. The lowest BCUT2D eigenvalue weighted by molar-refractivity contribution is 0.517. The van der Waals surface area contributed by atoms with Crippen LogP contribution in [0.4, 0.5) is 13.2 Å². The van der Waals surface area contributed by atoms with E-state index in [-0.39, 0.29) is 12.0 Å². The number of hydrogen-bond acceptors (Lipinski definition) is 1. The number of nitrogens with two attached hydrogens (primary N) is 1. The van der Waals surface area contributed by atoms with Crippen LogP contribution in [0.5, 0.6) is 0 Å². The minimum Gasteiger partial charge on any atom is -0.323 e. The highest BCUT2D eigenvalue weighted by Crippen LogP contribution is 2.27. The van der Waals surface area contributed by atoms with Gasteiger partial charge in [-0.05, 0) is 36.2 Å². The Bertz CT molecular complexity index is 623. The first-order chi connectivity index (χ1) is 9.38. The summed E-state index contributed by atoms with van der Waals surface area (Å²) < 4.78 is 42.1. The van der Waals surface area contributed by atoms with E-state index >= 15 is 0 Å². The van der Waals surface area contributed by atoms with Crippen molar-refractivity contribution in [1.29, 1.82) is 0 Å². The zero-order chi connectivity index (χ0) is 14.9. The van der Waals surface area contributed by atoms with Crippen molar-refractivity contribution in [3.8, 4) is 0 Å². The van der Waals surface area contributed by atoms with Crippen molar-refractivity contribution in [1.82, 2.24) is 0 Å². The molecule has 0 aliphatic heterocycles. The van der Waals surface area contributed by atoms with Gasteiger partial charge in [-0.25, -0.2) is 13.2 Å². The summed E-state index contributed by atoms with van der Waals surface area (Å²) in [4.78, 5) is 0. The third-order valence-electron chi connectivity index (χ3n) is 2.87. The molecule has 0 bridgehead atoms. The highest BCUT2D eigenvalue weighted by atomic mass is 79.9. The molecule has 2 aromatic rings. The molecule has 2 aromatic carbocycles. The molecular weight excluding hydrogens is 399 g/mol. The number of benzene rings is 2. The predicted molar refractivity (Wildman–Crippen MR) is 78.8 cm³/mol. The van der Waals surface area contributed by atoms with Crippen molar-refractivity contribution in [2.45, 2.75) is 12.5 Å². The third-order valence-corrected chi connectivity index (χ3v) is 3.82. The van der Waals surface area contributed by atoms with Gasteiger partial charge >= 0.3 is 0 Å². The molecule has 2 rings (SSSR count). The standard InChI is InChI=1S/C14H10Br2F3N/c15-8-2-1-7(10(17)4-8)3-13(20)14-11(18)5-9(16)6-12(14)19/h1-2,4-6,13H,3,20H2. The molecule has 0 spiro atoms. The molecule has 0 aliphatic rings. The van der Waals surface area contributed by atoms with Crippen LogP contribution in [0.25, 0.3) is 0 Å². The second kappa shape index (κ2) is 6.28. The molecule has 0 heterocycles. The van der Waals surface area contributed by atoms with Gasteiger partial charge in [0.2, 0.25) is 0 Å². The second-order valence-corrected chi connectivity index (χ2v) is 6.16. The molecule has 2 N–H and O–H groups in total. The quantitative estimate of drug-likeness (QED) is 0.770. The average molecular weight is 409 g/mol. The van der Waals surface area contributed by atoms with Gasteiger partial charge in [0.15, 0.2) is 0 Å². The van der Waals surface area contributed by atoms with E-state index in [1.165, 1.54) is 12.1 Å². The van der Waals surface area contributed by atoms with Crippen LogP contribution in [-0.2, 0) is 6.42 Å². The first kappa shape index (κ1) is 15.5. The van der Waals surface area contributed by atoms with Crippen molar-refractivity contribution >= 4 is 31.9 Å². The van der Waals surface area contributed by atoms with E-state index in [9.17, 15) is 13.2 Å². The Kier molecular flexibility index (Phi) is 4.88. The van der Waals surface area contributed by atoms with Crippen LogP contribution in [0.3, 0.4) is 0 Å². The van der Waals surface area contributed by atoms with Crippen molar-refractivity contribution in [3.63, 3.8) is 0 Å². The maximum atomic E-state index is 13.8. The van der Waals surface area contributed by atoms with E-state index < -0.39 is 23.5 Å². The third kappa shape index (κ3) is 3.42. The monoisotopic (exact) mass is 407 g/mol. The summed E-state index contributed by atoms with van der Waals surface area (Å²) >= 11 is 6.14. The molecule has 0 saturated carbocycles. The summed E-state index contributed by atoms with van der Waals surface area (Å²) in [6.45, 7) is 0. The fraction of sp³-hybridized carbons (Fsp3) is 0.143. The normalized spacial score (nSPS) is 12.5. The van der Waals surface area contributed by atoms with Crippen LogP contribution in [0.15, 0.2) is 39.3 Å². The lowest BCUT2D eigenvalue weighted by Crippen LogP contribution is -2.17. The summed E-state index contributed by atoms with van der Waals surface area (Å²) in [7, 11) is 0. The largest absolute Gasteiger partial charge is 0.323 e. The van der Waals surface area contributed by atoms with Crippen LogP contribution < -0.4 is 5.73 Å². The van der Waals surface area contributed by atoms with Crippen LogP contribution in [0, 0.1) is 17.5 Å². The lowest BCUT2D eigenvalue weighted by Gasteiger charge is -2.15. The predicted octanol–water partition coefficient (Wildman–Crippen LogP) is 4.87. The number of halogens is 5. The molecule has 20 heavy (non-hydrogen) atoms. The summed E-state index contributed by atoms with van der Waals surface area (Å²) in [5, 5.41) is 0. The van der Waals surface area contributed by atoms with Gasteiger partial charge in [-0.1, -0.05) is 37.9 Å². The summed E-state index contributed by atoms with van der Waals surface area (Å²) in [5.74, 6) is -1.96. The van der Waals surface area contributed by atoms with E-state index in [4.69, 9.17) is 5.73 Å². The highest BCUT2D eigenvalue weighted by molar-refractivity contribution is 9.10. The van der Waals surface area contributed by atoms with E-state index in [0.717, 1.165) is 12.1 Å². The van der Waals surface area contributed by atoms with Crippen molar-refractivity contribution < 1.29 is 13.2 Å². The van der Waals surface area contributed by atoms with Crippen LogP contribution in [0.2, 0.25) is 0 Å². The van der Waals surface area contributed by atoms with Crippen molar-refractivity contribution in [2.24, 2.45) is 5.73 Å². The van der Waals surface area contributed by atoms with Gasteiger partial charge in [0, 0.05) is 20.6 Å². The zero-order valence-electron chi connectivity index (χ0n) is 10.1. The summed E-state index contributed by atoms with van der Waals surface area (Å²) in [6, 6.07) is 5.79. The van der Waals surface area contributed by atoms with Crippen LogP contribution >= 0.6 is 31.9 Å². The summed E-state index contributed by atoms with van der Waals surface area (Å²) in [5.41, 5.74) is 5.88. The first-order valence-corrected chi connectivity index (χ1v) is 7.31. The van der Waals surface area contributed by atoms with Crippen LogP contribution in [0.1, 0.15) is 17.2 Å². The molecular formula is C14H10Br2F3N. The molecule has 0 radical (unpaired) electrons. The molecule has 0 fully saturated rings. The Morgan fingerprint density at radius 1 is 0.900 bits per heavy atom. The molecule has 106 valence electrons. The molecule has 6 heteroatoms. The van der Waals surface area contributed by atoms with Gasteiger partial charge in [0.25, 0.3) is 0 Å². The SMILES string of the molecule is NC(Cc1ccc(Br)cc1F)c1c(F)cc(Br)cc1F. The Morgan fingerprint density at radius 2 is 1.45 bits per heavy atom. The van der Waals surface area contributed by atoms with Crippen LogP contribution in [-0.4, -0.2) is 0 Å². The van der Waals surface area contributed by atoms with E-state index in [1.54, 1.807) is 6.07 Å².